The number of nitrogens with one attached hydrogen (secondary N) is 1. The first-order chi connectivity index (χ1) is 8.88. The fourth-order valence-corrected chi connectivity index (χ4v) is 3.61. The van der Waals surface area contributed by atoms with E-state index in [1.165, 1.54) is 38.5 Å². The van der Waals surface area contributed by atoms with Crippen molar-refractivity contribution in [2.24, 2.45) is 5.92 Å². The fraction of sp³-hybridized carbons (Fsp3) is 0.647. The molecule has 98 valence electrons. The Kier molecular flexibility index (Phi) is 3.69. The molecule has 1 aromatic carbocycles. The van der Waals surface area contributed by atoms with Crippen LogP contribution in [0.5, 0.6) is 0 Å². The Morgan fingerprint density at radius 1 is 1.06 bits per heavy atom. The van der Waals surface area contributed by atoms with Gasteiger partial charge in [-0.15, -0.1) is 0 Å². The molecule has 0 spiro atoms. The highest BCUT2D eigenvalue weighted by atomic mass is 15.0. The van der Waals surface area contributed by atoms with Crippen LogP contribution in [0, 0.1) is 5.92 Å². The lowest BCUT2D eigenvalue weighted by atomic mass is 9.80. The van der Waals surface area contributed by atoms with Gasteiger partial charge in [-0.3, -0.25) is 0 Å². The van der Waals surface area contributed by atoms with Crippen molar-refractivity contribution in [3.63, 3.8) is 0 Å². The molecular weight excluding hydrogens is 218 g/mol. The summed E-state index contributed by atoms with van der Waals surface area (Å²) in [5, 5.41) is 3.94. The lowest BCUT2D eigenvalue weighted by Crippen LogP contribution is -2.39. The monoisotopic (exact) mass is 243 g/mol. The van der Waals surface area contributed by atoms with Gasteiger partial charge in [0, 0.05) is 12.1 Å². The van der Waals surface area contributed by atoms with E-state index in [0.29, 0.717) is 0 Å². The highest BCUT2D eigenvalue weighted by Crippen LogP contribution is 2.38. The Balaban J connectivity index is 1.67. The van der Waals surface area contributed by atoms with Gasteiger partial charge in [-0.05, 0) is 36.7 Å². The zero-order valence-electron chi connectivity index (χ0n) is 11.4. The zero-order valence-corrected chi connectivity index (χ0v) is 11.4. The molecule has 18 heavy (non-hydrogen) atoms. The largest absolute Gasteiger partial charge is 0.310 e. The van der Waals surface area contributed by atoms with Crippen molar-refractivity contribution in [3.8, 4) is 0 Å². The predicted molar refractivity (Wildman–Crippen MR) is 76.8 cm³/mol. The maximum absolute atomic E-state index is 3.94. The lowest BCUT2D eigenvalue weighted by molar-refractivity contribution is 0.321. The van der Waals surface area contributed by atoms with E-state index < -0.39 is 0 Å². The van der Waals surface area contributed by atoms with Crippen LogP contribution in [-0.4, -0.2) is 12.1 Å². The highest BCUT2D eigenvalue weighted by molar-refractivity contribution is 5.22. The van der Waals surface area contributed by atoms with Gasteiger partial charge in [-0.25, -0.2) is 0 Å². The summed E-state index contributed by atoms with van der Waals surface area (Å²) in [7, 11) is 0. The molecule has 0 heterocycles. The Morgan fingerprint density at radius 3 is 2.56 bits per heavy atom. The van der Waals surface area contributed by atoms with Crippen LogP contribution in [0.3, 0.4) is 0 Å². The fourth-order valence-electron chi connectivity index (χ4n) is 3.61. The average Bonchev–Trinajstić information content (AvgIpc) is 3.19. The number of hydrogen-bond donors (Lipinski definition) is 1. The van der Waals surface area contributed by atoms with Crippen LogP contribution in [0.25, 0.3) is 0 Å². The smallest absolute Gasteiger partial charge is 0.0138 e. The molecule has 0 radical (unpaired) electrons. The first kappa shape index (κ1) is 12.2. The molecule has 0 bridgehead atoms. The van der Waals surface area contributed by atoms with E-state index in [-0.39, 0.29) is 0 Å². The van der Waals surface area contributed by atoms with Crippen molar-refractivity contribution in [1.29, 1.82) is 0 Å². The summed E-state index contributed by atoms with van der Waals surface area (Å²) >= 11 is 0. The normalized spacial score (nSPS) is 35.4. The van der Waals surface area contributed by atoms with Crippen molar-refractivity contribution in [1.82, 2.24) is 5.32 Å². The van der Waals surface area contributed by atoms with Gasteiger partial charge in [0.2, 0.25) is 0 Å². The van der Waals surface area contributed by atoms with E-state index in [2.05, 4.69) is 42.6 Å². The van der Waals surface area contributed by atoms with Crippen molar-refractivity contribution in [2.45, 2.75) is 63.5 Å². The van der Waals surface area contributed by atoms with Crippen LogP contribution >= 0.6 is 0 Å². The van der Waals surface area contributed by atoms with E-state index in [1.807, 2.05) is 0 Å². The summed E-state index contributed by atoms with van der Waals surface area (Å²) in [5.74, 6) is 1.71. The molecule has 1 aromatic rings. The highest BCUT2D eigenvalue weighted by Gasteiger charge is 2.38. The van der Waals surface area contributed by atoms with Crippen LogP contribution < -0.4 is 5.32 Å². The van der Waals surface area contributed by atoms with Gasteiger partial charge in [0.05, 0.1) is 0 Å². The van der Waals surface area contributed by atoms with Crippen molar-refractivity contribution in [2.75, 3.05) is 0 Å². The lowest BCUT2D eigenvalue weighted by Gasteiger charge is -2.33. The van der Waals surface area contributed by atoms with Gasteiger partial charge in [0.15, 0.2) is 0 Å². The number of hydrogen-bond acceptors (Lipinski definition) is 1. The van der Waals surface area contributed by atoms with Crippen LogP contribution in [0.1, 0.15) is 56.9 Å². The summed E-state index contributed by atoms with van der Waals surface area (Å²) in [5.41, 5.74) is 1.54. The van der Waals surface area contributed by atoms with Gasteiger partial charge in [0.1, 0.15) is 0 Å². The molecule has 4 atom stereocenters. The number of rotatable bonds is 4. The molecule has 3 rings (SSSR count). The van der Waals surface area contributed by atoms with Gasteiger partial charge in [-0.2, -0.15) is 0 Å². The minimum absolute atomic E-state index is 0.725. The van der Waals surface area contributed by atoms with Crippen LogP contribution in [0.15, 0.2) is 30.3 Å². The SMILES string of the molecule is CCC1CC1NC1CCCCC1c1ccccc1. The number of benzene rings is 1. The Hall–Kier alpha value is -0.820. The second-order valence-corrected chi connectivity index (χ2v) is 6.09. The van der Waals surface area contributed by atoms with Gasteiger partial charge >= 0.3 is 0 Å². The van der Waals surface area contributed by atoms with Crippen molar-refractivity contribution >= 4 is 0 Å². The summed E-state index contributed by atoms with van der Waals surface area (Å²) in [6, 6.07) is 12.7. The van der Waals surface area contributed by atoms with Crippen LogP contribution in [0.2, 0.25) is 0 Å². The molecule has 1 nitrogen and oxygen atoms in total. The summed E-state index contributed by atoms with van der Waals surface area (Å²) < 4.78 is 0. The quantitative estimate of drug-likeness (QED) is 0.839. The molecule has 0 saturated heterocycles. The summed E-state index contributed by atoms with van der Waals surface area (Å²) in [4.78, 5) is 0. The van der Waals surface area contributed by atoms with Gasteiger partial charge in [-0.1, -0.05) is 56.5 Å². The molecular formula is C17H25N. The molecule has 2 aliphatic carbocycles. The molecule has 0 aromatic heterocycles. The van der Waals surface area contributed by atoms with E-state index in [4.69, 9.17) is 0 Å². The zero-order chi connectivity index (χ0) is 12.4. The Bertz CT molecular complexity index is 372. The molecule has 4 unspecified atom stereocenters. The maximum Gasteiger partial charge on any atom is 0.0138 e. The van der Waals surface area contributed by atoms with Gasteiger partial charge in [0.25, 0.3) is 0 Å². The average molecular weight is 243 g/mol. The van der Waals surface area contributed by atoms with E-state index in [1.54, 1.807) is 5.56 Å². The third-order valence-electron chi connectivity index (χ3n) is 4.87. The topological polar surface area (TPSA) is 12.0 Å². The molecule has 1 N–H and O–H groups in total. The van der Waals surface area contributed by atoms with Crippen molar-refractivity contribution < 1.29 is 0 Å². The van der Waals surface area contributed by atoms with Crippen LogP contribution in [0.4, 0.5) is 0 Å². The maximum atomic E-state index is 3.94. The summed E-state index contributed by atoms with van der Waals surface area (Å²) in [6.07, 6.45) is 8.30. The minimum Gasteiger partial charge on any atom is -0.310 e. The minimum atomic E-state index is 0.725. The second kappa shape index (κ2) is 5.44. The molecule has 2 fully saturated rings. The standard InChI is InChI=1S/C17H25N/c1-2-13-12-17(13)18-16-11-7-6-10-15(16)14-8-4-3-5-9-14/h3-5,8-9,13,15-18H,2,6-7,10-12H2,1H3. The summed E-state index contributed by atoms with van der Waals surface area (Å²) in [6.45, 7) is 2.32. The molecule has 2 aliphatic rings. The predicted octanol–water partition coefficient (Wildman–Crippen LogP) is 4.10. The van der Waals surface area contributed by atoms with Crippen LogP contribution in [-0.2, 0) is 0 Å². The first-order valence-corrected chi connectivity index (χ1v) is 7.69. The molecule has 0 amide bonds. The van der Waals surface area contributed by atoms with E-state index in [0.717, 1.165) is 23.9 Å². The molecule has 0 aliphatic heterocycles. The third kappa shape index (κ3) is 2.61. The van der Waals surface area contributed by atoms with Crippen molar-refractivity contribution in [3.05, 3.63) is 35.9 Å². The third-order valence-corrected chi connectivity index (χ3v) is 4.87. The van der Waals surface area contributed by atoms with E-state index in [9.17, 15) is 0 Å². The van der Waals surface area contributed by atoms with Gasteiger partial charge < -0.3 is 5.32 Å². The second-order valence-electron chi connectivity index (χ2n) is 6.09. The molecule has 1 heteroatoms. The Labute approximate surface area is 111 Å². The van der Waals surface area contributed by atoms with E-state index >= 15 is 0 Å². The molecule has 2 saturated carbocycles. The first-order valence-electron chi connectivity index (χ1n) is 7.69. The Morgan fingerprint density at radius 2 is 1.83 bits per heavy atom.